The molecular formula is C22H23Cl2NO3. The number of carbonyl (C=O) groups is 2. The Labute approximate surface area is 175 Å². The van der Waals surface area contributed by atoms with Crippen molar-refractivity contribution < 1.29 is 14.3 Å². The maximum absolute atomic E-state index is 12.6. The molecule has 2 aromatic rings. The third kappa shape index (κ3) is 5.13. The van der Waals surface area contributed by atoms with Gasteiger partial charge in [-0.15, -0.1) is 0 Å². The Balaban J connectivity index is 0.000000706. The summed E-state index contributed by atoms with van der Waals surface area (Å²) in [5.41, 5.74) is 2.02. The Kier molecular flexibility index (Phi) is 7.11. The van der Waals surface area contributed by atoms with Crippen molar-refractivity contribution in [3.63, 3.8) is 0 Å². The number of hydrogen-bond acceptors (Lipinski definition) is 3. The van der Waals surface area contributed by atoms with E-state index in [1.54, 1.807) is 0 Å². The summed E-state index contributed by atoms with van der Waals surface area (Å²) in [5, 5.41) is 1.35. The zero-order chi connectivity index (χ0) is 20.1. The molecule has 1 aliphatic heterocycles. The second-order valence-corrected chi connectivity index (χ2v) is 7.88. The number of aldehydes is 1. The third-order valence-electron chi connectivity index (χ3n) is 4.87. The first-order valence-electron chi connectivity index (χ1n) is 9.35. The molecule has 0 radical (unpaired) electrons. The van der Waals surface area contributed by atoms with Crippen LogP contribution in [-0.4, -0.2) is 30.2 Å². The van der Waals surface area contributed by atoms with Crippen molar-refractivity contribution in [1.82, 2.24) is 4.90 Å². The van der Waals surface area contributed by atoms with Crippen LogP contribution in [0.25, 0.3) is 0 Å². The molecule has 1 heterocycles. The van der Waals surface area contributed by atoms with Gasteiger partial charge in [-0.25, -0.2) is 0 Å². The molecule has 4 nitrogen and oxygen atoms in total. The topological polar surface area (TPSA) is 46.6 Å². The molecule has 4 rings (SSSR count). The van der Waals surface area contributed by atoms with E-state index in [0.717, 1.165) is 24.0 Å². The van der Waals surface area contributed by atoms with Gasteiger partial charge in [0.05, 0.1) is 6.04 Å². The van der Waals surface area contributed by atoms with Crippen molar-refractivity contribution in [2.24, 2.45) is 5.92 Å². The lowest BCUT2D eigenvalue weighted by atomic mass is 9.92. The zero-order valence-corrected chi connectivity index (χ0v) is 17.2. The first-order valence-corrected chi connectivity index (χ1v) is 10.1. The van der Waals surface area contributed by atoms with Crippen molar-refractivity contribution in [1.29, 1.82) is 0 Å². The Morgan fingerprint density at radius 1 is 1.07 bits per heavy atom. The van der Waals surface area contributed by atoms with E-state index >= 15 is 0 Å². The molecule has 0 bridgehead atoms. The maximum Gasteiger partial charge on any atom is 0.249 e. The summed E-state index contributed by atoms with van der Waals surface area (Å²) in [6, 6.07) is 15.2. The lowest BCUT2D eigenvalue weighted by Gasteiger charge is -2.41. The molecule has 0 N–H and O–H groups in total. The zero-order valence-electron chi connectivity index (χ0n) is 15.7. The molecule has 2 aliphatic rings. The first kappa shape index (κ1) is 20.8. The van der Waals surface area contributed by atoms with E-state index in [9.17, 15) is 4.79 Å². The van der Waals surface area contributed by atoms with Crippen molar-refractivity contribution in [2.75, 3.05) is 13.2 Å². The van der Waals surface area contributed by atoms with E-state index < -0.39 is 0 Å². The summed E-state index contributed by atoms with van der Waals surface area (Å²) in [5.74, 6) is 0.655. The Bertz CT molecular complexity index is 821. The molecule has 1 aliphatic carbocycles. The molecule has 1 amide bonds. The van der Waals surface area contributed by atoms with Crippen LogP contribution in [0.2, 0.25) is 10.0 Å². The normalized spacial score (nSPS) is 21.7. The number of amides is 1. The maximum atomic E-state index is 12.6. The van der Waals surface area contributed by atoms with Crippen LogP contribution in [-0.2, 0) is 14.3 Å². The van der Waals surface area contributed by atoms with Gasteiger partial charge in [0.1, 0.15) is 19.0 Å². The van der Waals surface area contributed by atoms with Gasteiger partial charge in [-0.05, 0) is 61.1 Å². The summed E-state index contributed by atoms with van der Waals surface area (Å²) in [4.78, 5) is 23.4. The lowest BCUT2D eigenvalue weighted by molar-refractivity contribution is -0.159. The number of ether oxygens (including phenoxy) is 1. The highest BCUT2D eigenvalue weighted by molar-refractivity contribution is 6.30. The van der Waals surface area contributed by atoms with Gasteiger partial charge in [0.15, 0.2) is 0 Å². The third-order valence-corrected chi connectivity index (χ3v) is 5.36. The monoisotopic (exact) mass is 419 g/mol. The minimum Gasteiger partial charge on any atom is -0.361 e. The van der Waals surface area contributed by atoms with Crippen molar-refractivity contribution >= 4 is 35.4 Å². The highest BCUT2D eigenvalue weighted by Gasteiger charge is 2.41. The molecule has 0 aromatic heterocycles. The molecule has 28 heavy (non-hydrogen) atoms. The van der Waals surface area contributed by atoms with Gasteiger partial charge in [-0.3, -0.25) is 4.79 Å². The summed E-state index contributed by atoms with van der Waals surface area (Å²) in [6.07, 6.45) is 2.90. The largest absolute Gasteiger partial charge is 0.361 e. The molecule has 2 fully saturated rings. The number of nitrogens with zero attached hydrogens (tertiary/aromatic N) is 1. The number of benzene rings is 2. The molecule has 2 aromatic carbocycles. The highest BCUT2D eigenvalue weighted by atomic mass is 35.5. The van der Waals surface area contributed by atoms with Gasteiger partial charge in [-0.2, -0.15) is 0 Å². The number of rotatable bonds is 4. The fourth-order valence-corrected chi connectivity index (χ4v) is 3.75. The van der Waals surface area contributed by atoms with Gasteiger partial charge in [-0.1, -0.05) is 47.5 Å². The van der Waals surface area contributed by atoms with Crippen LogP contribution in [0, 0.1) is 5.92 Å². The van der Waals surface area contributed by atoms with Crippen LogP contribution in [0.5, 0.6) is 0 Å². The van der Waals surface area contributed by atoms with Crippen molar-refractivity contribution in [2.45, 2.75) is 31.9 Å². The number of carbonyl (C=O) groups excluding carboxylic acids is 2. The van der Waals surface area contributed by atoms with Gasteiger partial charge < -0.3 is 14.4 Å². The Hall–Kier alpha value is -1.88. The SMILES string of the molecule is CC=O.O=C1COC(c2cccc(Cl)c2)C(c2ccc(Cl)cc2)N1CC1CC1. The van der Waals surface area contributed by atoms with Crippen LogP contribution in [0.4, 0.5) is 0 Å². The van der Waals surface area contributed by atoms with E-state index in [2.05, 4.69) is 0 Å². The van der Waals surface area contributed by atoms with Crippen molar-refractivity contribution in [3.05, 3.63) is 69.7 Å². The summed E-state index contributed by atoms with van der Waals surface area (Å²) >= 11 is 12.2. The van der Waals surface area contributed by atoms with E-state index in [1.807, 2.05) is 53.4 Å². The molecular weight excluding hydrogens is 397 g/mol. The number of halogens is 2. The fraction of sp³-hybridized carbons (Fsp3) is 0.364. The molecule has 0 spiro atoms. The average Bonchev–Trinajstić information content (AvgIpc) is 3.49. The lowest BCUT2D eigenvalue weighted by Crippen LogP contribution is -2.46. The van der Waals surface area contributed by atoms with Crippen LogP contribution < -0.4 is 0 Å². The van der Waals surface area contributed by atoms with Gasteiger partial charge in [0.2, 0.25) is 5.91 Å². The first-order chi connectivity index (χ1) is 13.5. The second kappa shape index (κ2) is 9.55. The fourth-order valence-electron chi connectivity index (χ4n) is 3.42. The average molecular weight is 420 g/mol. The van der Waals surface area contributed by atoms with Gasteiger partial charge in [0, 0.05) is 16.6 Å². The number of morpholine rings is 1. The van der Waals surface area contributed by atoms with E-state index in [4.69, 9.17) is 32.7 Å². The molecule has 1 saturated heterocycles. The molecule has 2 unspecified atom stereocenters. The van der Waals surface area contributed by atoms with E-state index in [-0.39, 0.29) is 24.7 Å². The van der Waals surface area contributed by atoms with Crippen LogP contribution in [0.3, 0.4) is 0 Å². The standard InChI is InChI=1S/C20H19Cl2NO2.C2H4O/c21-16-8-6-14(7-9-16)19-20(15-2-1-3-17(22)10-15)25-12-18(24)23(19)11-13-4-5-13;1-2-3/h1-3,6-10,13,19-20H,4-5,11-12H2;2H,1H3. The Morgan fingerprint density at radius 3 is 2.36 bits per heavy atom. The number of hydrogen-bond donors (Lipinski definition) is 0. The minimum absolute atomic E-state index is 0.0464. The quantitative estimate of drug-likeness (QED) is 0.635. The molecule has 6 heteroatoms. The second-order valence-electron chi connectivity index (χ2n) is 7.01. The van der Waals surface area contributed by atoms with E-state index in [0.29, 0.717) is 16.0 Å². The molecule has 1 saturated carbocycles. The van der Waals surface area contributed by atoms with Gasteiger partial charge in [0.25, 0.3) is 0 Å². The predicted octanol–water partition coefficient (Wildman–Crippen LogP) is 5.25. The van der Waals surface area contributed by atoms with Crippen LogP contribution in [0.1, 0.15) is 43.0 Å². The Morgan fingerprint density at radius 2 is 1.75 bits per heavy atom. The van der Waals surface area contributed by atoms with Gasteiger partial charge >= 0.3 is 0 Å². The van der Waals surface area contributed by atoms with E-state index in [1.165, 1.54) is 19.8 Å². The summed E-state index contributed by atoms with van der Waals surface area (Å²) in [7, 11) is 0. The van der Waals surface area contributed by atoms with Crippen molar-refractivity contribution in [3.8, 4) is 0 Å². The smallest absolute Gasteiger partial charge is 0.249 e. The predicted molar refractivity (Wildman–Crippen MR) is 111 cm³/mol. The summed E-state index contributed by atoms with van der Waals surface area (Å²) in [6.45, 7) is 2.33. The summed E-state index contributed by atoms with van der Waals surface area (Å²) < 4.78 is 5.98. The molecule has 148 valence electrons. The highest BCUT2D eigenvalue weighted by Crippen LogP contribution is 2.43. The minimum atomic E-state index is -0.240. The van der Waals surface area contributed by atoms with Crippen LogP contribution in [0.15, 0.2) is 48.5 Å². The van der Waals surface area contributed by atoms with Crippen LogP contribution >= 0.6 is 23.2 Å². The molecule has 2 atom stereocenters.